The molecule has 0 spiro atoms. The summed E-state index contributed by atoms with van der Waals surface area (Å²) in [5, 5.41) is 5.28. The standard InChI is InChI=1S/C21H20N2O3/c1-14(16-10-9-15-5-2-3-6-17(15)11-16)23-21(25)18-7-4-8-19(12-18)26-13-20(22)24/h2-12,14H,13H2,1H3,(H2,22,24)(H,23,25). The van der Waals surface area contributed by atoms with E-state index in [1.54, 1.807) is 24.3 Å². The third kappa shape index (κ3) is 4.19. The van der Waals surface area contributed by atoms with Gasteiger partial charge in [-0.05, 0) is 47.5 Å². The van der Waals surface area contributed by atoms with Crippen LogP contribution in [0.1, 0.15) is 28.9 Å². The number of hydrogen-bond acceptors (Lipinski definition) is 3. The van der Waals surface area contributed by atoms with Gasteiger partial charge in [-0.25, -0.2) is 0 Å². The molecule has 0 saturated carbocycles. The molecule has 3 aromatic rings. The molecule has 0 heterocycles. The van der Waals surface area contributed by atoms with Crippen molar-refractivity contribution in [2.75, 3.05) is 6.61 Å². The van der Waals surface area contributed by atoms with Crippen molar-refractivity contribution in [3.05, 3.63) is 77.9 Å². The topological polar surface area (TPSA) is 81.4 Å². The van der Waals surface area contributed by atoms with Crippen LogP contribution in [0.2, 0.25) is 0 Å². The molecule has 3 aromatic carbocycles. The summed E-state index contributed by atoms with van der Waals surface area (Å²) in [5.74, 6) is -0.352. The van der Waals surface area contributed by atoms with Gasteiger partial charge in [-0.2, -0.15) is 0 Å². The van der Waals surface area contributed by atoms with Crippen LogP contribution in [-0.4, -0.2) is 18.4 Å². The second kappa shape index (κ2) is 7.70. The molecule has 2 amide bonds. The highest BCUT2D eigenvalue weighted by Crippen LogP contribution is 2.21. The second-order valence-corrected chi connectivity index (χ2v) is 6.08. The number of hydrogen-bond donors (Lipinski definition) is 2. The van der Waals surface area contributed by atoms with Gasteiger partial charge in [-0.15, -0.1) is 0 Å². The van der Waals surface area contributed by atoms with Crippen molar-refractivity contribution in [3.8, 4) is 5.75 Å². The summed E-state index contributed by atoms with van der Waals surface area (Å²) in [6.45, 7) is 1.72. The van der Waals surface area contributed by atoms with E-state index in [-0.39, 0.29) is 18.6 Å². The predicted octanol–water partition coefficient (Wildman–Crippen LogP) is 3.19. The first-order valence-electron chi connectivity index (χ1n) is 8.33. The summed E-state index contributed by atoms with van der Waals surface area (Å²) in [5.41, 5.74) is 6.55. The smallest absolute Gasteiger partial charge is 0.255 e. The second-order valence-electron chi connectivity index (χ2n) is 6.08. The highest BCUT2D eigenvalue weighted by molar-refractivity contribution is 5.95. The molecule has 1 atom stereocenters. The number of rotatable bonds is 6. The molecule has 0 aliphatic heterocycles. The molecule has 0 radical (unpaired) electrons. The summed E-state index contributed by atoms with van der Waals surface area (Å²) in [4.78, 5) is 23.3. The van der Waals surface area contributed by atoms with Crippen LogP contribution < -0.4 is 15.8 Å². The fourth-order valence-corrected chi connectivity index (χ4v) is 2.72. The summed E-state index contributed by atoms with van der Waals surface area (Å²) < 4.78 is 5.24. The highest BCUT2D eigenvalue weighted by atomic mass is 16.5. The minimum absolute atomic E-state index is 0.151. The van der Waals surface area contributed by atoms with Crippen molar-refractivity contribution < 1.29 is 14.3 Å². The lowest BCUT2D eigenvalue weighted by atomic mass is 10.0. The SMILES string of the molecule is CC(NC(=O)c1cccc(OCC(N)=O)c1)c1ccc2ccccc2c1. The fourth-order valence-electron chi connectivity index (χ4n) is 2.72. The van der Waals surface area contributed by atoms with Crippen LogP contribution in [0.15, 0.2) is 66.7 Å². The van der Waals surface area contributed by atoms with Gasteiger partial charge in [0.25, 0.3) is 11.8 Å². The Kier molecular flexibility index (Phi) is 5.17. The molecule has 5 nitrogen and oxygen atoms in total. The average Bonchev–Trinajstić information content (AvgIpc) is 2.66. The zero-order valence-corrected chi connectivity index (χ0v) is 14.4. The first-order valence-corrected chi connectivity index (χ1v) is 8.33. The molecule has 3 rings (SSSR count). The zero-order valence-electron chi connectivity index (χ0n) is 14.4. The predicted molar refractivity (Wildman–Crippen MR) is 101 cm³/mol. The first kappa shape index (κ1) is 17.5. The molecule has 3 N–H and O–H groups in total. The largest absolute Gasteiger partial charge is 0.484 e. The summed E-state index contributed by atoms with van der Waals surface area (Å²) in [6, 6.07) is 20.7. The van der Waals surface area contributed by atoms with Gasteiger partial charge < -0.3 is 15.8 Å². The van der Waals surface area contributed by atoms with Gasteiger partial charge in [0.2, 0.25) is 0 Å². The lowest BCUT2D eigenvalue weighted by Crippen LogP contribution is -2.26. The minimum Gasteiger partial charge on any atom is -0.484 e. The number of amides is 2. The Balaban J connectivity index is 1.72. The van der Waals surface area contributed by atoms with E-state index in [9.17, 15) is 9.59 Å². The van der Waals surface area contributed by atoms with E-state index in [0.717, 1.165) is 16.3 Å². The maximum Gasteiger partial charge on any atom is 0.255 e. The van der Waals surface area contributed by atoms with Crippen LogP contribution in [0.4, 0.5) is 0 Å². The maximum absolute atomic E-state index is 12.5. The number of nitrogens with two attached hydrogens (primary N) is 1. The Morgan fingerprint density at radius 2 is 1.77 bits per heavy atom. The third-order valence-corrected chi connectivity index (χ3v) is 4.10. The van der Waals surface area contributed by atoms with Gasteiger partial charge in [-0.1, -0.05) is 42.5 Å². The van der Waals surface area contributed by atoms with Gasteiger partial charge in [0.15, 0.2) is 6.61 Å². The van der Waals surface area contributed by atoms with Crippen molar-refractivity contribution in [1.29, 1.82) is 0 Å². The van der Waals surface area contributed by atoms with E-state index in [4.69, 9.17) is 10.5 Å². The average molecular weight is 348 g/mol. The summed E-state index contributed by atoms with van der Waals surface area (Å²) in [6.07, 6.45) is 0. The number of carbonyl (C=O) groups is 2. The Hall–Kier alpha value is -3.34. The summed E-state index contributed by atoms with van der Waals surface area (Å²) >= 11 is 0. The molecule has 0 aliphatic rings. The number of carbonyl (C=O) groups excluding carboxylic acids is 2. The lowest BCUT2D eigenvalue weighted by Gasteiger charge is -2.15. The van der Waals surface area contributed by atoms with Gasteiger partial charge in [0.1, 0.15) is 5.75 Å². The molecule has 132 valence electrons. The van der Waals surface area contributed by atoms with Crippen LogP contribution in [0.25, 0.3) is 10.8 Å². The molecule has 5 heteroatoms. The van der Waals surface area contributed by atoms with Crippen molar-refractivity contribution in [2.24, 2.45) is 5.73 Å². The molecular formula is C21H20N2O3. The number of primary amides is 1. The van der Waals surface area contributed by atoms with Gasteiger partial charge >= 0.3 is 0 Å². The minimum atomic E-state index is -0.565. The Labute approximate surface area is 151 Å². The van der Waals surface area contributed by atoms with Gasteiger partial charge in [-0.3, -0.25) is 9.59 Å². The Morgan fingerprint density at radius 3 is 2.54 bits per heavy atom. The molecule has 0 fully saturated rings. The quantitative estimate of drug-likeness (QED) is 0.718. The van der Waals surface area contributed by atoms with Crippen LogP contribution in [0.5, 0.6) is 5.75 Å². The van der Waals surface area contributed by atoms with E-state index in [1.165, 1.54) is 0 Å². The van der Waals surface area contributed by atoms with E-state index in [2.05, 4.69) is 17.4 Å². The maximum atomic E-state index is 12.5. The third-order valence-electron chi connectivity index (χ3n) is 4.10. The van der Waals surface area contributed by atoms with E-state index < -0.39 is 5.91 Å². The van der Waals surface area contributed by atoms with E-state index in [0.29, 0.717) is 11.3 Å². The highest BCUT2D eigenvalue weighted by Gasteiger charge is 2.13. The number of benzene rings is 3. The van der Waals surface area contributed by atoms with Crippen molar-refractivity contribution in [1.82, 2.24) is 5.32 Å². The molecule has 26 heavy (non-hydrogen) atoms. The van der Waals surface area contributed by atoms with Crippen molar-refractivity contribution >= 4 is 22.6 Å². The molecular weight excluding hydrogens is 328 g/mol. The van der Waals surface area contributed by atoms with Crippen LogP contribution in [-0.2, 0) is 4.79 Å². The number of fused-ring (bicyclic) bond motifs is 1. The Bertz CT molecular complexity index is 953. The molecule has 1 unspecified atom stereocenters. The molecule has 0 saturated heterocycles. The molecule has 0 bridgehead atoms. The van der Waals surface area contributed by atoms with Crippen LogP contribution in [0.3, 0.4) is 0 Å². The normalized spacial score (nSPS) is 11.7. The summed E-state index contributed by atoms with van der Waals surface area (Å²) in [7, 11) is 0. The monoisotopic (exact) mass is 348 g/mol. The van der Waals surface area contributed by atoms with Gasteiger partial charge in [0.05, 0.1) is 6.04 Å². The molecule has 0 aliphatic carbocycles. The van der Waals surface area contributed by atoms with Gasteiger partial charge in [0, 0.05) is 5.56 Å². The van der Waals surface area contributed by atoms with Crippen molar-refractivity contribution in [3.63, 3.8) is 0 Å². The Morgan fingerprint density at radius 1 is 1.00 bits per heavy atom. The van der Waals surface area contributed by atoms with E-state index >= 15 is 0 Å². The number of ether oxygens (including phenoxy) is 1. The van der Waals surface area contributed by atoms with Crippen molar-refractivity contribution in [2.45, 2.75) is 13.0 Å². The first-order chi connectivity index (χ1) is 12.5. The zero-order chi connectivity index (χ0) is 18.5. The fraction of sp³-hybridized carbons (Fsp3) is 0.143. The molecule has 0 aromatic heterocycles. The van der Waals surface area contributed by atoms with Crippen LogP contribution in [0, 0.1) is 0 Å². The number of nitrogens with one attached hydrogen (secondary N) is 1. The van der Waals surface area contributed by atoms with Crippen LogP contribution >= 0.6 is 0 Å². The lowest BCUT2D eigenvalue weighted by molar-refractivity contribution is -0.119. The van der Waals surface area contributed by atoms with E-state index in [1.807, 2.05) is 37.3 Å².